The van der Waals surface area contributed by atoms with E-state index in [9.17, 15) is 19.2 Å². The van der Waals surface area contributed by atoms with Gasteiger partial charge < -0.3 is 63.8 Å². The summed E-state index contributed by atoms with van der Waals surface area (Å²) in [6.45, 7) is 2.52. The second-order valence-corrected chi connectivity index (χ2v) is 25.4. The Morgan fingerprint density at radius 2 is 0.597 bits per heavy atom. The fourth-order valence-corrected chi connectivity index (χ4v) is 22.3. The first-order valence-corrected chi connectivity index (χ1v) is 26.5. The van der Waals surface area contributed by atoms with Gasteiger partial charge in [0.05, 0.1) is 11.1 Å². The maximum atomic E-state index is 13.8. The summed E-state index contributed by atoms with van der Waals surface area (Å²) in [6.07, 6.45) is 0. The molecule has 0 aliphatic carbocycles. The molecule has 3 aromatic carbocycles. The Labute approximate surface area is 356 Å². The normalized spacial score (nSPS) is 24.4. The number of hydrogen-bond acceptors (Lipinski definition) is 24. The van der Waals surface area contributed by atoms with Crippen LogP contribution in [0.15, 0.2) is 99.9 Å². The first kappa shape index (κ1) is 49.2. The minimum absolute atomic E-state index is 0.0729. The van der Waals surface area contributed by atoms with Gasteiger partial charge in [-0.05, 0) is 72.8 Å². The zero-order valence-electron chi connectivity index (χ0n) is 34.6. The molecule has 0 spiro atoms. The summed E-state index contributed by atoms with van der Waals surface area (Å²) in [5.41, 5.74) is -0.146. The lowest BCUT2D eigenvalue weighted by atomic mass is 10.1. The van der Waals surface area contributed by atoms with Gasteiger partial charge in [-0.25, -0.2) is 9.59 Å². The first-order valence-electron chi connectivity index (χ1n) is 17.3. The van der Waals surface area contributed by atoms with E-state index in [1.54, 1.807) is 0 Å². The number of esters is 2. The average Bonchev–Trinajstić information content (AvgIpc) is 3.27. The Kier molecular flexibility index (Phi) is 16.2. The lowest BCUT2D eigenvalue weighted by Crippen LogP contribution is -2.09. The lowest BCUT2D eigenvalue weighted by molar-refractivity contribution is -0.132. The molecule has 4 atom stereocenters. The van der Waals surface area contributed by atoms with Crippen LogP contribution in [0.4, 0.5) is 0 Å². The van der Waals surface area contributed by atoms with Gasteiger partial charge in [-0.1, -0.05) is 0 Å². The molecular formula is C32H42N6O18P6. The molecule has 0 saturated heterocycles. The smallest absolute Gasteiger partial charge is 0.405 e. The molecule has 5 rings (SSSR count). The van der Waals surface area contributed by atoms with Gasteiger partial charge in [0.1, 0.15) is 23.0 Å². The summed E-state index contributed by atoms with van der Waals surface area (Å²) in [5.74, 6) is -2.13. The fraction of sp³-hybridized carbons (Fsp3) is 0.312. The average molecular weight is 985 g/mol. The van der Waals surface area contributed by atoms with Gasteiger partial charge in [0.25, 0.3) is 0 Å². The number of nitrogens with zero attached hydrogens (tertiary/aromatic N) is 6. The summed E-state index contributed by atoms with van der Waals surface area (Å²) >= 11 is 0. The highest BCUT2D eigenvalue weighted by Gasteiger charge is 2.46. The fourth-order valence-electron chi connectivity index (χ4n) is 4.80. The molecule has 62 heavy (non-hydrogen) atoms. The molecular weight excluding hydrogens is 942 g/mol. The highest BCUT2D eigenvalue weighted by Crippen LogP contribution is 2.81. The number of carbonyl (C=O) groups excluding carboxylic acids is 4. The van der Waals surface area contributed by atoms with Crippen LogP contribution in [0.2, 0.25) is 0 Å². The summed E-state index contributed by atoms with van der Waals surface area (Å²) in [5, 5.41) is 0. The standard InChI is InChI=1S/C32H42N6O18P6/c1-23(39)51-27-15-19-29(20-16-27)53-59(47-7)33-57(43-3,44-4)35-61(37-59,49-9)55-31(41)25-11-13-26(14-12-25)32(42)56-62(50-10)36-58(45-5,46-6)34-60(38-62,48-8)54-30-21-17-28(18-22-30)52-24(2)40/h11-22H,1-10H3. The number of hydrogen-bond donors (Lipinski definition) is 0. The molecule has 4 unspecified atom stereocenters. The summed E-state index contributed by atoms with van der Waals surface area (Å²) in [6, 6.07) is 16.9. The number of benzene rings is 3. The molecule has 0 amide bonds. The maximum Gasteiger partial charge on any atom is 0.405 e. The van der Waals surface area contributed by atoms with Gasteiger partial charge in [0.15, 0.2) is 0 Å². The van der Waals surface area contributed by atoms with Crippen molar-refractivity contribution < 1.29 is 82.9 Å². The van der Waals surface area contributed by atoms with Crippen LogP contribution in [-0.4, -0.2) is 80.8 Å². The van der Waals surface area contributed by atoms with Gasteiger partial charge in [-0.2, -0.15) is 0 Å². The summed E-state index contributed by atoms with van der Waals surface area (Å²) in [4.78, 5) is 50.3. The molecule has 0 aromatic heterocycles. The van der Waals surface area contributed by atoms with Crippen molar-refractivity contribution in [2.45, 2.75) is 13.8 Å². The van der Waals surface area contributed by atoms with Crippen LogP contribution in [-0.2, 0) is 54.8 Å². The van der Waals surface area contributed by atoms with E-state index in [2.05, 4.69) is 27.1 Å². The Morgan fingerprint density at radius 3 is 0.855 bits per heavy atom. The Bertz CT molecular complexity index is 2360. The van der Waals surface area contributed by atoms with Crippen LogP contribution >= 0.6 is 46.0 Å². The molecule has 0 fully saturated rings. The molecule has 0 radical (unpaired) electrons. The third-order valence-electron chi connectivity index (χ3n) is 7.64. The van der Waals surface area contributed by atoms with Crippen molar-refractivity contribution in [3.63, 3.8) is 0 Å². The molecule has 0 saturated carbocycles. The van der Waals surface area contributed by atoms with E-state index >= 15 is 0 Å². The number of carbonyl (C=O) groups is 4. The van der Waals surface area contributed by atoms with E-state index in [0.717, 1.165) is 0 Å². The van der Waals surface area contributed by atoms with Crippen LogP contribution in [0, 0.1) is 0 Å². The first-order chi connectivity index (χ1) is 29.4. The van der Waals surface area contributed by atoms with Crippen molar-refractivity contribution in [1.82, 2.24) is 0 Å². The minimum Gasteiger partial charge on any atom is -0.427 e. The van der Waals surface area contributed by atoms with Crippen molar-refractivity contribution in [2.24, 2.45) is 27.1 Å². The Hall–Kier alpha value is -3.80. The summed E-state index contributed by atoms with van der Waals surface area (Å²) in [7, 11) is -13.0. The second kappa shape index (κ2) is 20.4. The second-order valence-electron chi connectivity index (χ2n) is 11.6. The Morgan fingerprint density at radius 1 is 0.355 bits per heavy atom. The van der Waals surface area contributed by atoms with Gasteiger partial charge >= 0.3 is 69.8 Å². The monoisotopic (exact) mass is 984 g/mol. The van der Waals surface area contributed by atoms with E-state index in [-0.39, 0.29) is 34.1 Å². The minimum atomic E-state index is -4.05. The molecule has 3 aromatic rings. The lowest BCUT2D eigenvalue weighted by Gasteiger charge is -2.30. The SMILES string of the molecule is COP1(OC)=NP(OC)(OC(=O)c2ccc(C(=O)OP3(OC)=NP(OC)(Oc4ccc(OC(C)=O)cc4)=NP(OC)(OC)=N3)cc2)=NP(OC)(Oc2ccc(OC(C)=O)cc2)=N1. The largest absolute Gasteiger partial charge is 0.427 e. The zero-order chi connectivity index (χ0) is 45.4. The van der Waals surface area contributed by atoms with Gasteiger partial charge in [-0.3, -0.25) is 9.59 Å². The predicted octanol–water partition coefficient (Wildman–Crippen LogP) is 10.9. The number of ether oxygens (including phenoxy) is 2. The molecule has 338 valence electrons. The number of rotatable bonds is 18. The summed E-state index contributed by atoms with van der Waals surface area (Å²) < 4.78 is 106. The maximum absolute atomic E-state index is 13.8. The Balaban J connectivity index is 1.44. The van der Waals surface area contributed by atoms with E-state index in [0.29, 0.717) is 0 Å². The van der Waals surface area contributed by atoms with Gasteiger partial charge in [-0.15, -0.1) is 27.1 Å². The van der Waals surface area contributed by atoms with Crippen LogP contribution < -0.4 is 18.5 Å². The van der Waals surface area contributed by atoms with Crippen LogP contribution in [0.1, 0.15) is 34.6 Å². The third-order valence-corrected chi connectivity index (χ3v) is 24.0. The van der Waals surface area contributed by atoms with Crippen LogP contribution in [0.3, 0.4) is 0 Å². The van der Waals surface area contributed by atoms with Crippen LogP contribution in [0.25, 0.3) is 0 Å². The molecule has 24 nitrogen and oxygen atoms in total. The van der Waals surface area contributed by atoms with Gasteiger partial charge in [0, 0.05) is 70.7 Å². The van der Waals surface area contributed by atoms with Gasteiger partial charge in [0.2, 0.25) is 0 Å². The van der Waals surface area contributed by atoms with Crippen molar-refractivity contribution in [3.8, 4) is 23.0 Å². The molecule has 0 bridgehead atoms. The van der Waals surface area contributed by atoms with E-state index in [1.165, 1.54) is 144 Å². The van der Waals surface area contributed by atoms with Crippen molar-refractivity contribution >= 4 is 69.8 Å². The highest BCUT2D eigenvalue weighted by atomic mass is 31.3. The van der Waals surface area contributed by atoms with E-state index < -0.39 is 69.8 Å². The molecule has 2 aliphatic heterocycles. The zero-order valence-corrected chi connectivity index (χ0v) is 40.0. The quantitative estimate of drug-likeness (QED) is 0.0650. The van der Waals surface area contributed by atoms with Crippen molar-refractivity contribution in [1.29, 1.82) is 0 Å². The van der Waals surface area contributed by atoms with Crippen molar-refractivity contribution in [2.75, 3.05) is 56.9 Å². The third kappa shape index (κ3) is 11.5. The topological polar surface area (TPSA) is 272 Å². The van der Waals surface area contributed by atoms with E-state index in [4.69, 9.17) is 63.8 Å². The van der Waals surface area contributed by atoms with E-state index in [1.807, 2.05) is 0 Å². The highest BCUT2D eigenvalue weighted by molar-refractivity contribution is 7.79. The molecule has 2 heterocycles. The molecule has 30 heteroatoms. The predicted molar refractivity (Wildman–Crippen MR) is 226 cm³/mol. The molecule has 0 N–H and O–H groups in total. The van der Waals surface area contributed by atoms with Crippen molar-refractivity contribution in [3.05, 3.63) is 83.9 Å². The van der Waals surface area contributed by atoms with Crippen LogP contribution in [0.5, 0.6) is 23.0 Å². The molecule has 2 aliphatic rings.